The molecule has 0 amide bonds. The Labute approximate surface area is 333 Å². The third-order valence-electron chi connectivity index (χ3n) is 11.6. The van der Waals surface area contributed by atoms with Gasteiger partial charge in [-0.25, -0.2) is 9.98 Å². The summed E-state index contributed by atoms with van der Waals surface area (Å²) >= 11 is 0. The number of hydrogen-bond acceptors (Lipinski definition) is 4. The standard InChI is InChI=1S/C53H38N4/c1-53(2)46-19-11-17-42(33-54)49(46)45-31-29-41(32-47(45)53)34-20-24-37(25-21-34)48-43-18-10-9-12-35(43)28-30-44(48)36-22-26-40(27-23-36)52-56-50(38-13-5-3-6-14-38)55-51(57-52)39-15-7-4-8-16-39/h3-32,50H,1-2H3,(H,55,56,57). The van der Waals surface area contributed by atoms with Gasteiger partial charge in [-0.1, -0.05) is 184 Å². The molecule has 1 aliphatic heterocycles. The van der Waals surface area contributed by atoms with Crippen LogP contribution in [0.1, 0.15) is 53.4 Å². The molecule has 1 atom stereocenters. The molecule has 0 spiro atoms. The average Bonchev–Trinajstić information content (AvgIpc) is 3.52. The molecular weight excluding hydrogens is 693 g/mol. The molecule has 8 aromatic carbocycles. The van der Waals surface area contributed by atoms with Crippen molar-refractivity contribution in [1.82, 2.24) is 5.32 Å². The van der Waals surface area contributed by atoms with E-state index in [2.05, 4.69) is 159 Å². The van der Waals surface area contributed by atoms with Crippen LogP contribution in [0.4, 0.5) is 0 Å². The van der Waals surface area contributed by atoms with Gasteiger partial charge in [-0.05, 0) is 78.5 Å². The fourth-order valence-electron chi connectivity index (χ4n) is 8.64. The van der Waals surface area contributed by atoms with Gasteiger partial charge in [-0.2, -0.15) is 5.26 Å². The average molecular weight is 731 g/mol. The second-order valence-electron chi connectivity index (χ2n) is 15.3. The van der Waals surface area contributed by atoms with Crippen LogP contribution in [-0.4, -0.2) is 11.7 Å². The molecule has 1 unspecified atom stereocenters. The maximum absolute atomic E-state index is 9.90. The zero-order valence-electron chi connectivity index (χ0n) is 31.7. The largest absolute Gasteiger partial charge is 0.344 e. The number of rotatable bonds is 6. The fraction of sp³-hybridized carbons (Fsp3) is 0.0755. The van der Waals surface area contributed by atoms with Gasteiger partial charge in [-0.3, -0.25) is 0 Å². The minimum Gasteiger partial charge on any atom is -0.344 e. The number of benzene rings is 8. The molecule has 57 heavy (non-hydrogen) atoms. The van der Waals surface area contributed by atoms with Gasteiger partial charge < -0.3 is 5.32 Å². The molecule has 8 aromatic rings. The summed E-state index contributed by atoms with van der Waals surface area (Å²) in [7, 11) is 0. The van der Waals surface area contributed by atoms with Crippen LogP contribution >= 0.6 is 0 Å². The first kappa shape index (κ1) is 34.2. The molecule has 0 aromatic heterocycles. The molecule has 4 nitrogen and oxygen atoms in total. The van der Waals surface area contributed by atoms with Crippen LogP contribution in [0.2, 0.25) is 0 Å². The van der Waals surface area contributed by atoms with E-state index in [9.17, 15) is 5.26 Å². The first-order valence-corrected chi connectivity index (χ1v) is 19.4. The first-order valence-electron chi connectivity index (χ1n) is 19.4. The van der Waals surface area contributed by atoms with E-state index in [1.165, 1.54) is 38.6 Å². The second kappa shape index (κ2) is 13.7. The predicted molar refractivity (Wildman–Crippen MR) is 234 cm³/mol. The van der Waals surface area contributed by atoms with Crippen molar-refractivity contribution in [2.45, 2.75) is 25.4 Å². The van der Waals surface area contributed by atoms with Gasteiger partial charge >= 0.3 is 0 Å². The SMILES string of the molecule is CC1(C)c2cc(-c3ccc(-c4c(-c5ccc(C6=NC(c7ccccc7)NC(c7ccccc7)=N6)cc5)ccc5ccccc45)cc3)ccc2-c2c(C#N)cccc21. The maximum Gasteiger partial charge on any atom is 0.159 e. The molecule has 2 aliphatic rings. The van der Waals surface area contributed by atoms with Gasteiger partial charge in [-0.15, -0.1) is 0 Å². The molecular formula is C53H38N4. The van der Waals surface area contributed by atoms with Crippen LogP contribution in [0.15, 0.2) is 192 Å². The van der Waals surface area contributed by atoms with E-state index in [0.29, 0.717) is 5.84 Å². The van der Waals surface area contributed by atoms with Gasteiger partial charge in [0.2, 0.25) is 0 Å². The molecule has 0 saturated carbocycles. The van der Waals surface area contributed by atoms with E-state index in [-0.39, 0.29) is 11.6 Å². The Hall–Kier alpha value is -7.35. The van der Waals surface area contributed by atoms with E-state index in [0.717, 1.165) is 55.9 Å². The lowest BCUT2D eigenvalue weighted by molar-refractivity contribution is 0.660. The van der Waals surface area contributed by atoms with Crippen molar-refractivity contribution in [2.75, 3.05) is 0 Å². The smallest absolute Gasteiger partial charge is 0.159 e. The Balaban J connectivity index is 1.01. The summed E-state index contributed by atoms with van der Waals surface area (Å²) in [5.74, 6) is 1.51. The topological polar surface area (TPSA) is 60.5 Å². The minimum absolute atomic E-state index is 0.193. The Kier molecular flexibility index (Phi) is 8.24. The van der Waals surface area contributed by atoms with Gasteiger partial charge in [0.25, 0.3) is 0 Å². The summed E-state index contributed by atoms with van der Waals surface area (Å²) in [6, 6.07) is 66.5. The molecule has 0 radical (unpaired) electrons. The van der Waals surface area contributed by atoms with E-state index < -0.39 is 0 Å². The van der Waals surface area contributed by atoms with Crippen molar-refractivity contribution in [2.24, 2.45) is 9.98 Å². The zero-order chi connectivity index (χ0) is 38.5. The normalized spacial score (nSPS) is 15.1. The lowest BCUT2D eigenvalue weighted by Gasteiger charge is -2.23. The monoisotopic (exact) mass is 730 g/mol. The summed E-state index contributed by atoms with van der Waals surface area (Å²) in [5.41, 5.74) is 15.3. The van der Waals surface area contributed by atoms with E-state index >= 15 is 0 Å². The number of amidine groups is 2. The molecule has 10 rings (SSSR count). The minimum atomic E-state index is -0.250. The fourth-order valence-corrected chi connectivity index (χ4v) is 8.64. The van der Waals surface area contributed by atoms with E-state index in [1.807, 2.05) is 48.5 Å². The quantitative estimate of drug-likeness (QED) is 0.185. The summed E-state index contributed by atoms with van der Waals surface area (Å²) in [4.78, 5) is 10.1. The highest BCUT2D eigenvalue weighted by atomic mass is 15.2. The van der Waals surface area contributed by atoms with Crippen LogP contribution in [0.3, 0.4) is 0 Å². The van der Waals surface area contributed by atoms with Crippen LogP contribution in [-0.2, 0) is 5.41 Å². The van der Waals surface area contributed by atoms with Gasteiger partial charge in [0.1, 0.15) is 12.0 Å². The maximum atomic E-state index is 9.90. The number of hydrogen-bond donors (Lipinski definition) is 1. The van der Waals surface area contributed by atoms with E-state index in [4.69, 9.17) is 9.98 Å². The Bertz CT molecular complexity index is 2930. The summed E-state index contributed by atoms with van der Waals surface area (Å²) in [6.45, 7) is 4.52. The Morgan fingerprint density at radius 3 is 1.95 bits per heavy atom. The third kappa shape index (κ3) is 5.93. The number of aliphatic imine (C=N–C) groups is 2. The number of fused-ring (bicyclic) bond motifs is 4. The van der Waals surface area contributed by atoms with Crippen LogP contribution < -0.4 is 5.32 Å². The van der Waals surface area contributed by atoms with Crippen LogP contribution in [0.25, 0.3) is 55.3 Å². The molecule has 4 heteroatoms. The summed E-state index contributed by atoms with van der Waals surface area (Å²) < 4.78 is 0. The number of nitrogens with zero attached hydrogens (tertiary/aromatic N) is 3. The third-order valence-corrected chi connectivity index (χ3v) is 11.6. The first-order chi connectivity index (χ1) is 28.0. The molecule has 270 valence electrons. The molecule has 1 aliphatic carbocycles. The Morgan fingerprint density at radius 1 is 0.526 bits per heavy atom. The molecule has 0 bridgehead atoms. The van der Waals surface area contributed by atoms with Gasteiger partial charge in [0.15, 0.2) is 5.84 Å². The summed E-state index contributed by atoms with van der Waals surface area (Å²) in [6.07, 6.45) is -0.250. The number of nitriles is 1. The molecule has 1 N–H and O–H groups in total. The molecule has 0 saturated heterocycles. The van der Waals surface area contributed by atoms with Crippen molar-refractivity contribution in [3.8, 4) is 50.6 Å². The highest BCUT2D eigenvalue weighted by Crippen LogP contribution is 2.51. The van der Waals surface area contributed by atoms with Crippen molar-refractivity contribution in [3.05, 3.63) is 215 Å². The van der Waals surface area contributed by atoms with E-state index in [1.54, 1.807) is 0 Å². The van der Waals surface area contributed by atoms with Gasteiger partial charge in [0.05, 0.1) is 11.6 Å². The predicted octanol–water partition coefficient (Wildman–Crippen LogP) is 12.5. The van der Waals surface area contributed by atoms with Crippen molar-refractivity contribution >= 4 is 22.4 Å². The zero-order valence-corrected chi connectivity index (χ0v) is 31.7. The second-order valence-corrected chi connectivity index (χ2v) is 15.3. The lowest BCUT2D eigenvalue weighted by atomic mass is 9.81. The highest BCUT2D eigenvalue weighted by molar-refractivity contribution is 6.13. The van der Waals surface area contributed by atoms with Crippen LogP contribution in [0, 0.1) is 11.3 Å². The highest BCUT2D eigenvalue weighted by Gasteiger charge is 2.37. The molecule has 0 fully saturated rings. The van der Waals surface area contributed by atoms with Gasteiger partial charge in [0, 0.05) is 22.1 Å². The number of nitrogens with one attached hydrogen (secondary N) is 1. The van der Waals surface area contributed by atoms with Crippen molar-refractivity contribution in [3.63, 3.8) is 0 Å². The lowest BCUT2D eigenvalue weighted by Crippen LogP contribution is -2.33. The summed E-state index contributed by atoms with van der Waals surface area (Å²) in [5, 5.41) is 15.9. The Morgan fingerprint density at radius 2 is 1.18 bits per heavy atom. The van der Waals surface area contributed by atoms with Crippen molar-refractivity contribution in [1.29, 1.82) is 5.26 Å². The van der Waals surface area contributed by atoms with Crippen molar-refractivity contribution < 1.29 is 0 Å². The molecule has 1 heterocycles. The van der Waals surface area contributed by atoms with Crippen LogP contribution in [0.5, 0.6) is 0 Å².